The average Bonchev–Trinajstić information content (AvgIpc) is 3.93. The number of rotatable bonds is 9. The Morgan fingerprint density at radius 2 is 0.946 bits per heavy atom. The van der Waals surface area contributed by atoms with Gasteiger partial charge in [0.1, 0.15) is 0 Å². The van der Waals surface area contributed by atoms with E-state index in [-0.39, 0.29) is 7.35 Å². The molecule has 0 N–H and O–H groups in total. The molecule has 281 valence electrons. The van der Waals surface area contributed by atoms with Crippen LogP contribution in [-0.2, 0) is 16.1 Å². The van der Waals surface area contributed by atoms with Gasteiger partial charge in [0, 0.05) is 0 Å². The molecule has 0 bridgehead atoms. The molecule has 4 heteroatoms. The first-order chi connectivity index (χ1) is 27.1. The van der Waals surface area contributed by atoms with Crippen molar-refractivity contribution in [2.45, 2.75) is 61.7 Å². The summed E-state index contributed by atoms with van der Waals surface area (Å²) in [7, 11) is 17.9. The third kappa shape index (κ3) is 5.68. The summed E-state index contributed by atoms with van der Waals surface area (Å²) in [5.41, 5.74) is 18.5. The zero-order valence-corrected chi connectivity index (χ0v) is 40.0. The predicted octanol–water partition coefficient (Wildman–Crippen LogP) is 12.7. The molecule has 6 aromatic rings. The van der Waals surface area contributed by atoms with Crippen LogP contribution in [0.25, 0.3) is 45.5 Å². The van der Waals surface area contributed by atoms with Crippen LogP contribution < -0.4 is 13.7 Å². The van der Waals surface area contributed by atoms with E-state index in [1.807, 2.05) is 0 Å². The molecule has 0 aromatic heterocycles. The molecule has 56 heavy (non-hydrogen) atoms. The summed E-state index contributed by atoms with van der Waals surface area (Å²) in [5.74, 6) is 0.623. The van der Waals surface area contributed by atoms with Crippen molar-refractivity contribution in [1.29, 1.82) is 0 Å². The second-order valence-electron chi connectivity index (χ2n) is 16.8. The molecule has 1 aliphatic heterocycles. The summed E-state index contributed by atoms with van der Waals surface area (Å²) < 4.78 is 1.14. The first-order valence-corrected chi connectivity index (χ1v) is 36.9. The van der Waals surface area contributed by atoms with Gasteiger partial charge in [0.15, 0.2) is 0 Å². The van der Waals surface area contributed by atoms with E-state index in [1.165, 1.54) is 91.6 Å². The Hall–Kier alpha value is -3.53. The Morgan fingerprint density at radius 3 is 1.45 bits per heavy atom. The number of aryl methyl sites for hydroxylation is 2. The minimum atomic E-state index is -5.83. The molecule has 4 atom stereocenters. The van der Waals surface area contributed by atoms with Crippen LogP contribution in [0.2, 0.25) is 0 Å². The monoisotopic (exact) mass is 953 g/mol. The fourth-order valence-electron chi connectivity index (χ4n) is 10.7. The molecule has 1 heterocycles. The van der Waals surface area contributed by atoms with Gasteiger partial charge < -0.3 is 0 Å². The summed E-state index contributed by atoms with van der Waals surface area (Å²) in [6, 6.07) is 47.7. The number of allylic oxidation sites excluding steroid dienone is 2. The average molecular weight is 953 g/mol. The Balaban J connectivity index is 1.40. The fourth-order valence-corrected chi connectivity index (χ4v) is 49.8. The van der Waals surface area contributed by atoms with Crippen LogP contribution >= 0.6 is 17.2 Å². The maximum absolute atomic E-state index is 9.39. The Labute approximate surface area is 344 Å². The topological polar surface area (TPSA) is 0 Å². The van der Waals surface area contributed by atoms with Gasteiger partial charge in [-0.05, 0) is 0 Å². The summed E-state index contributed by atoms with van der Waals surface area (Å²) in [6.45, 7) is 13.9. The zero-order valence-electron chi connectivity index (χ0n) is 33.5. The molecule has 0 amide bonds. The van der Waals surface area contributed by atoms with Crippen molar-refractivity contribution in [3.8, 4) is 33.4 Å². The summed E-state index contributed by atoms with van der Waals surface area (Å²) >= 11 is -5.83. The van der Waals surface area contributed by atoms with Gasteiger partial charge in [0.25, 0.3) is 0 Å². The molecule has 3 aliphatic rings. The summed E-state index contributed by atoms with van der Waals surface area (Å²) in [5, 5.41) is 2.98. The summed E-state index contributed by atoms with van der Waals surface area (Å²) in [6.07, 6.45) is 7.13. The maximum atomic E-state index is 9.39. The van der Waals surface area contributed by atoms with Gasteiger partial charge in [0.2, 0.25) is 0 Å². The van der Waals surface area contributed by atoms with Crippen LogP contribution in [0, 0.1) is 25.7 Å². The van der Waals surface area contributed by atoms with Gasteiger partial charge in [-0.3, -0.25) is 0 Å². The van der Waals surface area contributed by atoms with Crippen molar-refractivity contribution in [3.63, 3.8) is 0 Å². The molecular weight excluding hydrogens is 902 g/mol. The molecule has 0 saturated carbocycles. The SMILES string of the molecule is CCC(C)C1=Cc2c(-c3ccccc3C)cccc2[CH]1[Hf]([Cl])([Cl])([c]1cccc2c1[SiH2]c1ccccc1-2)[CH]1C(C(C)CC)=Cc2c(-c3ccccc3C)cccc21. The molecule has 6 aromatic carbocycles. The van der Waals surface area contributed by atoms with Crippen molar-refractivity contribution in [2.24, 2.45) is 11.8 Å². The van der Waals surface area contributed by atoms with Gasteiger partial charge in [-0.25, -0.2) is 0 Å². The van der Waals surface area contributed by atoms with Crippen molar-refractivity contribution in [2.75, 3.05) is 0 Å². The number of halogens is 2. The van der Waals surface area contributed by atoms with Gasteiger partial charge in [-0.1, -0.05) is 0 Å². The normalized spacial score (nSPS) is 19.0. The van der Waals surface area contributed by atoms with E-state index in [9.17, 15) is 17.2 Å². The van der Waals surface area contributed by atoms with Crippen molar-refractivity contribution in [3.05, 3.63) is 172 Å². The molecule has 0 spiro atoms. The zero-order chi connectivity index (χ0) is 39.0. The van der Waals surface area contributed by atoms with Crippen LogP contribution in [0.15, 0.2) is 139 Å². The Kier molecular flexibility index (Phi) is 9.76. The fraction of sp³-hybridized carbons (Fsp3) is 0.231. The molecule has 0 nitrogen and oxygen atoms in total. The van der Waals surface area contributed by atoms with Gasteiger partial charge >= 0.3 is 348 Å². The first-order valence-electron chi connectivity index (χ1n) is 20.6. The van der Waals surface area contributed by atoms with Crippen LogP contribution in [0.4, 0.5) is 0 Å². The molecule has 0 radical (unpaired) electrons. The molecule has 0 fully saturated rings. The van der Waals surface area contributed by atoms with Crippen LogP contribution in [0.3, 0.4) is 0 Å². The van der Waals surface area contributed by atoms with E-state index < -0.39 is 25.7 Å². The van der Waals surface area contributed by atoms with Gasteiger partial charge in [-0.15, -0.1) is 0 Å². The molecule has 2 aliphatic carbocycles. The van der Waals surface area contributed by atoms with E-state index in [0.29, 0.717) is 11.8 Å². The van der Waals surface area contributed by atoms with Crippen LogP contribution in [0.1, 0.15) is 81.3 Å². The van der Waals surface area contributed by atoms with Crippen molar-refractivity contribution >= 4 is 52.5 Å². The van der Waals surface area contributed by atoms with E-state index in [1.54, 1.807) is 0 Å². The number of fused-ring (bicyclic) bond motifs is 5. The molecule has 0 saturated heterocycles. The van der Waals surface area contributed by atoms with Crippen LogP contribution in [-0.4, -0.2) is 9.52 Å². The van der Waals surface area contributed by atoms with Crippen LogP contribution in [0.5, 0.6) is 0 Å². The number of hydrogen-bond acceptors (Lipinski definition) is 0. The quantitative estimate of drug-likeness (QED) is 0.127. The predicted molar refractivity (Wildman–Crippen MR) is 245 cm³/mol. The standard InChI is InChI=1S/2C20H21.C12H9Si.2ClH.Hf/c2*1-4-14(2)17-12-16-9-7-11-19(20(16)13-17)18-10-6-5-8-15(18)3;1-3-7-11-9(5-1)10-6-2-4-8-12(10)13-11;;;/h2*5-14H,4H2,1-3H3;1-7H,13H2;2*1H;/q;;;;;+2/p-2. The first kappa shape index (κ1) is 38.0. The van der Waals surface area contributed by atoms with Crippen molar-refractivity contribution in [1.82, 2.24) is 0 Å². The van der Waals surface area contributed by atoms with E-state index in [0.717, 1.165) is 12.8 Å². The minimum absolute atomic E-state index is 0.0843. The summed E-state index contributed by atoms with van der Waals surface area (Å²) in [4.78, 5) is 0. The van der Waals surface area contributed by atoms with Gasteiger partial charge in [0.05, 0.1) is 0 Å². The number of benzene rings is 6. The number of hydrogen-bond donors (Lipinski definition) is 0. The van der Waals surface area contributed by atoms with E-state index >= 15 is 0 Å². The molecular formula is C52H51Cl2HfSi. The van der Waals surface area contributed by atoms with Crippen molar-refractivity contribution < 1.29 is 16.1 Å². The Morgan fingerprint density at radius 1 is 0.518 bits per heavy atom. The van der Waals surface area contributed by atoms with E-state index in [4.69, 9.17) is 0 Å². The second-order valence-corrected chi connectivity index (χ2v) is 47.9. The molecule has 9 rings (SSSR count). The third-order valence-electron chi connectivity index (χ3n) is 13.8. The Bertz CT molecular complexity index is 2480. The third-order valence-corrected chi connectivity index (χ3v) is 45.3. The van der Waals surface area contributed by atoms with Gasteiger partial charge in [-0.2, -0.15) is 0 Å². The second kappa shape index (κ2) is 14.4. The molecule has 4 unspecified atom stereocenters. The van der Waals surface area contributed by atoms with E-state index in [2.05, 4.69) is 181 Å².